The van der Waals surface area contributed by atoms with Crippen molar-refractivity contribution in [3.63, 3.8) is 0 Å². The molecule has 0 unspecified atom stereocenters. The number of rotatable bonds is 8. The zero-order chi connectivity index (χ0) is 21.6. The number of carbonyl (C=O) groups excluding carboxylic acids is 2. The summed E-state index contributed by atoms with van der Waals surface area (Å²) in [5, 5.41) is 0. The minimum atomic E-state index is -3.95. The quantitative estimate of drug-likeness (QED) is 0.220. The van der Waals surface area contributed by atoms with Gasteiger partial charge in [-0.2, -0.15) is 4.57 Å². The number of sulfonamides is 1. The lowest BCUT2D eigenvalue weighted by molar-refractivity contribution is -0.683. The van der Waals surface area contributed by atoms with Crippen LogP contribution in [0.5, 0.6) is 5.75 Å². The van der Waals surface area contributed by atoms with Crippen LogP contribution in [0, 0.1) is 0 Å². The van der Waals surface area contributed by atoms with Gasteiger partial charge >= 0.3 is 0 Å². The number of ether oxygens (including phenoxy) is 1. The summed E-state index contributed by atoms with van der Waals surface area (Å²) in [7, 11) is -2.48. The fourth-order valence-corrected chi connectivity index (χ4v) is 3.47. The van der Waals surface area contributed by atoms with E-state index in [-0.39, 0.29) is 39.8 Å². The molecule has 0 atom stereocenters. The van der Waals surface area contributed by atoms with E-state index >= 15 is 0 Å². The monoisotopic (exact) mass is 505 g/mol. The number of aromatic nitrogens is 1. The summed E-state index contributed by atoms with van der Waals surface area (Å²) in [6.45, 7) is 0.0444. The molecule has 1 aromatic heterocycles. The lowest BCUT2D eigenvalue weighted by Gasteiger charge is -2.08. The molecule has 0 radical (unpaired) electrons. The number of halogens is 1. The van der Waals surface area contributed by atoms with Crippen molar-refractivity contribution >= 4 is 21.7 Å². The van der Waals surface area contributed by atoms with Gasteiger partial charge in [-0.1, -0.05) is 30.3 Å². The predicted molar refractivity (Wildman–Crippen MR) is 108 cm³/mol. The number of hydrazine groups is 1. The molecule has 2 N–H and O–H groups in total. The zero-order valence-electron chi connectivity index (χ0n) is 16.5. The Morgan fingerprint density at radius 3 is 2.23 bits per heavy atom. The first kappa shape index (κ1) is 24.2. The number of hydrogen-bond acceptors (Lipinski definition) is 5. The van der Waals surface area contributed by atoms with Gasteiger partial charge in [-0.15, -0.1) is 4.83 Å². The van der Waals surface area contributed by atoms with Crippen molar-refractivity contribution in [3.8, 4) is 5.75 Å². The van der Waals surface area contributed by atoms with Gasteiger partial charge in [0.25, 0.3) is 15.9 Å². The van der Waals surface area contributed by atoms with Gasteiger partial charge in [0.05, 0.1) is 12.0 Å². The van der Waals surface area contributed by atoms with Gasteiger partial charge in [0.1, 0.15) is 11.3 Å². The number of Topliss-reactive ketones (excluding diaryl/α,β-unsaturated/α-hetero) is 1. The second kappa shape index (κ2) is 10.8. The molecule has 0 bridgehead atoms. The van der Waals surface area contributed by atoms with Gasteiger partial charge in [0, 0.05) is 11.6 Å². The first-order chi connectivity index (χ1) is 14.4. The minimum absolute atomic E-state index is 0. The SMILES string of the molecule is COc1ccc(S(=O)(=O)NNC(=O)c2ccc[n+](CC(=O)c3ccccc3)c2)cc1.[Br-]. The number of hydrogen-bond donors (Lipinski definition) is 2. The van der Waals surface area contributed by atoms with E-state index in [0.29, 0.717) is 11.3 Å². The molecule has 10 heteroatoms. The van der Waals surface area contributed by atoms with Crippen LogP contribution in [-0.2, 0) is 16.6 Å². The third kappa shape index (κ3) is 6.45. The van der Waals surface area contributed by atoms with Crippen LogP contribution in [0.4, 0.5) is 0 Å². The van der Waals surface area contributed by atoms with E-state index in [2.05, 4.69) is 10.3 Å². The van der Waals surface area contributed by atoms with Crippen molar-refractivity contribution < 1.29 is 44.3 Å². The first-order valence-electron chi connectivity index (χ1n) is 8.92. The molecule has 0 saturated heterocycles. The van der Waals surface area contributed by atoms with Crippen LogP contribution >= 0.6 is 0 Å². The van der Waals surface area contributed by atoms with Crippen LogP contribution < -0.4 is 36.5 Å². The first-order valence-corrected chi connectivity index (χ1v) is 10.4. The van der Waals surface area contributed by atoms with Crippen molar-refractivity contribution in [3.05, 3.63) is 90.3 Å². The van der Waals surface area contributed by atoms with Gasteiger partial charge < -0.3 is 21.7 Å². The fraction of sp³-hybridized carbons (Fsp3) is 0.0952. The Hall–Kier alpha value is -3.08. The second-order valence-corrected chi connectivity index (χ2v) is 7.97. The molecule has 1 heterocycles. The van der Waals surface area contributed by atoms with Crippen LogP contribution in [-0.4, -0.2) is 27.2 Å². The maximum absolute atomic E-state index is 12.4. The van der Waals surface area contributed by atoms with E-state index < -0.39 is 15.9 Å². The molecule has 0 saturated carbocycles. The van der Waals surface area contributed by atoms with E-state index in [1.54, 1.807) is 41.1 Å². The molecule has 0 aliphatic carbocycles. The van der Waals surface area contributed by atoms with Gasteiger partial charge in [0.2, 0.25) is 12.3 Å². The van der Waals surface area contributed by atoms with E-state index in [1.807, 2.05) is 6.07 Å². The number of pyridine rings is 1. The highest BCUT2D eigenvalue weighted by Gasteiger charge is 2.18. The Kier molecular flexibility index (Phi) is 8.43. The van der Waals surface area contributed by atoms with Crippen LogP contribution in [0.3, 0.4) is 0 Å². The predicted octanol–water partition coefficient (Wildman–Crippen LogP) is -1.51. The molecule has 3 aromatic rings. The Balaban J connectivity index is 0.00000341. The van der Waals surface area contributed by atoms with Crippen LogP contribution in [0.25, 0.3) is 0 Å². The summed E-state index contributed by atoms with van der Waals surface area (Å²) < 4.78 is 31.2. The van der Waals surface area contributed by atoms with Crippen molar-refractivity contribution in [2.75, 3.05) is 7.11 Å². The summed E-state index contributed by atoms with van der Waals surface area (Å²) in [6, 6.07) is 17.6. The maximum Gasteiger partial charge on any atom is 0.272 e. The van der Waals surface area contributed by atoms with E-state index in [9.17, 15) is 18.0 Å². The van der Waals surface area contributed by atoms with Crippen LogP contribution in [0.15, 0.2) is 84.0 Å². The number of nitrogens with zero attached hydrogens (tertiary/aromatic N) is 1. The smallest absolute Gasteiger partial charge is 0.272 e. The fourth-order valence-electron chi connectivity index (χ4n) is 2.64. The molecule has 8 nitrogen and oxygen atoms in total. The molecule has 31 heavy (non-hydrogen) atoms. The van der Waals surface area contributed by atoms with Gasteiger partial charge in [-0.05, 0) is 30.3 Å². The standard InChI is InChI=1S/C21H19N3O5S.BrH/c1-29-18-9-11-19(12-10-18)30(27,28)23-22-21(26)17-8-5-13-24(14-17)15-20(25)16-6-3-2-4-7-16;/h2-14,23H,15H2,1H3;1H. The van der Waals surface area contributed by atoms with Crippen molar-refractivity contribution in [2.45, 2.75) is 11.4 Å². The lowest BCUT2D eigenvalue weighted by atomic mass is 10.1. The van der Waals surface area contributed by atoms with Crippen molar-refractivity contribution in [1.82, 2.24) is 10.3 Å². The molecule has 0 fully saturated rings. The average molecular weight is 506 g/mol. The molecule has 0 spiro atoms. The summed E-state index contributed by atoms with van der Waals surface area (Å²) in [6.07, 6.45) is 3.12. The molecule has 0 aliphatic rings. The number of amides is 1. The molecular formula is C21H20BrN3O5S. The van der Waals surface area contributed by atoms with Gasteiger partial charge in [0.15, 0.2) is 12.4 Å². The third-order valence-corrected chi connectivity index (χ3v) is 5.47. The number of nitrogens with one attached hydrogen (secondary N) is 2. The van der Waals surface area contributed by atoms with Crippen LogP contribution in [0.2, 0.25) is 0 Å². The molecule has 2 aromatic carbocycles. The summed E-state index contributed by atoms with van der Waals surface area (Å²) in [5.41, 5.74) is 2.92. The third-order valence-electron chi connectivity index (χ3n) is 4.21. The number of benzene rings is 2. The Morgan fingerprint density at radius 1 is 0.935 bits per heavy atom. The topological polar surface area (TPSA) is 105 Å². The molecule has 162 valence electrons. The number of methoxy groups -OCH3 is 1. The molecule has 3 rings (SSSR count). The lowest BCUT2D eigenvalue weighted by Crippen LogP contribution is -3.00. The zero-order valence-corrected chi connectivity index (χ0v) is 18.9. The summed E-state index contributed by atoms with van der Waals surface area (Å²) in [5.74, 6) is -0.260. The number of ketones is 1. The Bertz CT molecular complexity index is 1150. The normalized spacial score (nSPS) is 10.6. The number of carbonyl (C=O) groups is 2. The average Bonchev–Trinajstić information content (AvgIpc) is 2.78. The van der Waals surface area contributed by atoms with Gasteiger partial charge in [-0.25, -0.2) is 8.42 Å². The second-order valence-electron chi connectivity index (χ2n) is 6.29. The Labute approximate surface area is 190 Å². The largest absolute Gasteiger partial charge is 1.00 e. The van der Waals surface area contributed by atoms with E-state index in [4.69, 9.17) is 4.74 Å². The van der Waals surface area contributed by atoms with E-state index in [0.717, 1.165) is 0 Å². The van der Waals surface area contributed by atoms with Gasteiger partial charge in [-0.3, -0.25) is 15.0 Å². The van der Waals surface area contributed by atoms with Crippen LogP contribution in [0.1, 0.15) is 20.7 Å². The van der Waals surface area contributed by atoms with Crippen molar-refractivity contribution in [2.24, 2.45) is 0 Å². The molecule has 1 amide bonds. The maximum atomic E-state index is 12.4. The van der Waals surface area contributed by atoms with E-state index in [1.165, 1.54) is 43.6 Å². The minimum Gasteiger partial charge on any atom is -1.00 e. The molecular weight excluding hydrogens is 486 g/mol. The highest BCUT2D eigenvalue weighted by molar-refractivity contribution is 7.89. The Morgan fingerprint density at radius 2 is 1.58 bits per heavy atom. The highest BCUT2D eigenvalue weighted by atomic mass is 79.9. The summed E-state index contributed by atoms with van der Waals surface area (Å²) in [4.78, 5) is 26.7. The van der Waals surface area contributed by atoms with Crippen molar-refractivity contribution in [1.29, 1.82) is 0 Å². The molecule has 0 aliphatic heterocycles. The highest BCUT2D eigenvalue weighted by Crippen LogP contribution is 2.14. The summed E-state index contributed by atoms with van der Waals surface area (Å²) >= 11 is 0.